The molecule has 3 aromatic carbocycles. The Morgan fingerprint density at radius 2 is 1.76 bits per heavy atom. The van der Waals surface area contributed by atoms with E-state index in [1.807, 2.05) is 56.3 Å². The van der Waals surface area contributed by atoms with Crippen LogP contribution in [-0.4, -0.2) is 38.0 Å². The lowest BCUT2D eigenvalue weighted by molar-refractivity contribution is -0.126. The molecular weight excluding hydrogens is 470 g/mol. The van der Waals surface area contributed by atoms with Gasteiger partial charge in [0.25, 0.3) is 5.91 Å². The number of carbonyl (C=O) groups excluding carboxylic acids is 3. The molecule has 3 aromatic rings. The second kappa shape index (κ2) is 11.6. The minimum absolute atomic E-state index is 0.112. The van der Waals surface area contributed by atoms with Gasteiger partial charge in [0.2, 0.25) is 11.8 Å². The molecule has 0 aliphatic carbocycles. The van der Waals surface area contributed by atoms with E-state index < -0.39 is 5.92 Å². The topological polar surface area (TPSA) is 97.0 Å². The van der Waals surface area contributed by atoms with Crippen LogP contribution in [0.3, 0.4) is 0 Å². The molecule has 1 fully saturated rings. The Balaban J connectivity index is 1.27. The van der Waals surface area contributed by atoms with E-state index in [1.165, 1.54) is 0 Å². The lowest BCUT2D eigenvalue weighted by atomic mass is 10.1. The van der Waals surface area contributed by atoms with Crippen LogP contribution in [0.4, 0.5) is 11.4 Å². The van der Waals surface area contributed by atoms with Crippen molar-refractivity contribution in [2.45, 2.75) is 26.8 Å². The number of benzene rings is 3. The molecule has 4 rings (SSSR count). The zero-order chi connectivity index (χ0) is 26.4. The second-order valence-electron chi connectivity index (χ2n) is 9.06. The largest absolute Gasteiger partial charge is 0.496 e. The van der Waals surface area contributed by atoms with Crippen LogP contribution in [-0.2, 0) is 20.9 Å². The van der Waals surface area contributed by atoms with Gasteiger partial charge in [0.1, 0.15) is 11.5 Å². The molecule has 3 amide bonds. The van der Waals surface area contributed by atoms with Gasteiger partial charge in [-0.1, -0.05) is 24.3 Å². The van der Waals surface area contributed by atoms with Crippen molar-refractivity contribution in [2.24, 2.45) is 5.92 Å². The Bertz CT molecular complexity index is 1290. The third kappa shape index (κ3) is 6.46. The van der Waals surface area contributed by atoms with Crippen molar-refractivity contribution >= 4 is 29.1 Å². The van der Waals surface area contributed by atoms with Gasteiger partial charge in [0.05, 0.1) is 13.0 Å². The molecule has 0 bridgehead atoms. The number of methoxy groups -OCH3 is 1. The highest BCUT2D eigenvalue weighted by Crippen LogP contribution is 2.27. The first-order chi connectivity index (χ1) is 17.8. The first kappa shape index (κ1) is 25.8. The molecule has 1 heterocycles. The maximum atomic E-state index is 12.7. The monoisotopic (exact) mass is 501 g/mol. The zero-order valence-corrected chi connectivity index (χ0v) is 21.2. The predicted molar refractivity (Wildman–Crippen MR) is 142 cm³/mol. The predicted octanol–water partition coefficient (Wildman–Crippen LogP) is 4.00. The lowest BCUT2D eigenvalue weighted by Crippen LogP contribution is -2.32. The van der Waals surface area contributed by atoms with E-state index in [1.54, 1.807) is 36.3 Å². The van der Waals surface area contributed by atoms with E-state index in [0.717, 1.165) is 22.4 Å². The molecule has 0 radical (unpaired) electrons. The number of para-hydroxylation sites is 1. The average molecular weight is 502 g/mol. The highest BCUT2D eigenvalue weighted by molar-refractivity contribution is 6.00. The third-order valence-corrected chi connectivity index (χ3v) is 6.45. The number of ether oxygens (including phenoxy) is 2. The van der Waals surface area contributed by atoms with Crippen molar-refractivity contribution in [2.75, 3.05) is 30.5 Å². The van der Waals surface area contributed by atoms with Crippen LogP contribution >= 0.6 is 0 Å². The van der Waals surface area contributed by atoms with Crippen LogP contribution in [0.2, 0.25) is 0 Å². The molecule has 0 aromatic heterocycles. The van der Waals surface area contributed by atoms with E-state index in [0.29, 0.717) is 30.3 Å². The van der Waals surface area contributed by atoms with Crippen molar-refractivity contribution in [3.05, 3.63) is 83.4 Å². The standard InChI is InChI=1S/C29H31N3O5/c1-19-8-9-23(14-20(19)2)31-27(33)18-37-25-12-10-24(11-13-25)32-17-22(15-28(32)34)29(35)30-16-21-6-4-5-7-26(21)36-3/h4-14,22H,15-18H2,1-3H3,(H,30,35)(H,31,33)/t22-/m0/s1. The van der Waals surface area contributed by atoms with Crippen molar-refractivity contribution in [3.63, 3.8) is 0 Å². The SMILES string of the molecule is COc1ccccc1CNC(=O)[C@H]1CC(=O)N(c2ccc(OCC(=O)Nc3ccc(C)c(C)c3)cc2)C1. The van der Waals surface area contributed by atoms with Crippen molar-refractivity contribution in [3.8, 4) is 11.5 Å². The van der Waals surface area contributed by atoms with Crippen LogP contribution in [0.25, 0.3) is 0 Å². The minimum atomic E-state index is -0.438. The summed E-state index contributed by atoms with van der Waals surface area (Å²) in [6, 6.07) is 20.1. The van der Waals surface area contributed by atoms with E-state index in [-0.39, 0.29) is 30.7 Å². The highest BCUT2D eigenvalue weighted by Gasteiger charge is 2.35. The van der Waals surface area contributed by atoms with E-state index >= 15 is 0 Å². The molecule has 8 heteroatoms. The smallest absolute Gasteiger partial charge is 0.262 e. The van der Waals surface area contributed by atoms with Gasteiger partial charge in [-0.25, -0.2) is 0 Å². The number of nitrogens with one attached hydrogen (secondary N) is 2. The van der Waals surface area contributed by atoms with Crippen molar-refractivity contribution in [1.29, 1.82) is 0 Å². The summed E-state index contributed by atoms with van der Waals surface area (Å²) in [7, 11) is 1.59. The van der Waals surface area contributed by atoms with Gasteiger partial charge < -0.3 is 25.0 Å². The number of rotatable bonds is 9. The average Bonchev–Trinajstić information content (AvgIpc) is 3.30. The van der Waals surface area contributed by atoms with Crippen LogP contribution in [0, 0.1) is 19.8 Å². The van der Waals surface area contributed by atoms with Crippen LogP contribution in [0.1, 0.15) is 23.1 Å². The number of aryl methyl sites for hydroxylation is 2. The van der Waals surface area contributed by atoms with Gasteiger partial charge in [-0.15, -0.1) is 0 Å². The van der Waals surface area contributed by atoms with Crippen LogP contribution < -0.4 is 25.0 Å². The number of nitrogens with zero attached hydrogens (tertiary/aromatic N) is 1. The summed E-state index contributed by atoms with van der Waals surface area (Å²) in [5.74, 6) is 0.236. The zero-order valence-electron chi connectivity index (χ0n) is 21.2. The fourth-order valence-electron chi connectivity index (χ4n) is 4.20. The molecule has 1 atom stereocenters. The van der Waals surface area contributed by atoms with Gasteiger partial charge in [-0.3, -0.25) is 14.4 Å². The number of amides is 3. The van der Waals surface area contributed by atoms with Crippen molar-refractivity contribution < 1.29 is 23.9 Å². The summed E-state index contributed by atoms with van der Waals surface area (Å²) in [6.45, 7) is 4.50. The molecule has 0 unspecified atom stereocenters. The maximum Gasteiger partial charge on any atom is 0.262 e. The summed E-state index contributed by atoms with van der Waals surface area (Å²) in [5.41, 5.74) is 4.53. The van der Waals surface area contributed by atoms with E-state index in [9.17, 15) is 14.4 Å². The van der Waals surface area contributed by atoms with E-state index in [2.05, 4.69) is 10.6 Å². The Kier molecular flexibility index (Phi) is 8.08. The Morgan fingerprint density at radius 1 is 1.00 bits per heavy atom. The number of carbonyl (C=O) groups is 3. The molecule has 0 saturated carbocycles. The molecule has 8 nitrogen and oxygen atoms in total. The van der Waals surface area contributed by atoms with Gasteiger partial charge in [0, 0.05) is 36.4 Å². The first-order valence-electron chi connectivity index (χ1n) is 12.1. The first-order valence-corrected chi connectivity index (χ1v) is 12.1. The van der Waals surface area contributed by atoms with Gasteiger partial charge in [-0.2, -0.15) is 0 Å². The second-order valence-corrected chi connectivity index (χ2v) is 9.06. The van der Waals surface area contributed by atoms with Gasteiger partial charge >= 0.3 is 0 Å². The lowest BCUT2D eigenvalue weighted by Gasteiger charge is -2.17. The Hall–Kier alpha value is -4.33. The molecule has 37 heavy (non-hydrogen) atoms. The summed E-state index contributed by atoms with van der Waals surface area (Å²) in [5, 5.41) is 5.73. The molecular formula is C29H31N3O5. The van der Waals surface area contributed by atoms with Gasteiger partial charge in [0.15, 0.2) is 6.61 Å². The summed E-state index contributed by atoms with van der Waals surface area (Å²) < 4.78 is 10.9. The number of anilines is 2. The van der Waals surface area contributed by atoms with Crippen LogP contribution in [0.15, 0.2) is 66.7 Å². The molecule has 192 valence electrons. The summed E-state index contributed by atoms with van der Waals surface area (Å²) in [4.78, 5) is 39.2. The van der Waals surface area contributed by atoms with E-state index in [4.69, 9.17) is 9.47 Å². The number of hydrogen-bond donors (Lipinski definition) is 2. The van der Waals surface area contributed by atoms with Crippen molar-refractivity contribution in [1.82, 2.24) is 5.32 Å². The molecule has 0 spiro atoms. The maximum absolute atomic E-state index is 12.7. The quantitative estimate of drug-likeness (QED) is 0.462. The molecule has 2 N–H and O–H groups in total. The minimum Gasteiger partial charge on any atom is -0.496 e. The fraction of sp³-hybridized carbons (Fsp3) is 0.276. The highest BCUT2D eigenvalue weighted by atomic mass is 16.5. The molecule has 1 saturated heterocycles. The summed E-state index contributed by atoms with van der Waals surface area (Å²) >= 11 is 0. The molecule has 1 aliphatic rings. The number of hydrogen-bond acceptors (Lipinski definition) is 5. The van der Waals surface area contributed by atoms with Gasteiger partial charge in [-0.05, 0) is 67.4 Å². The van der Waals surface area contributed by atoms with Crippen LogP contribution in [0.5, 0.6) is 11.5 Å². The third-order valence-electron chi connectivity index (χ3n) is 6.45. The Labute approximate surface area is 216 Å². The fourth-order valence-corrected chi connectivity index (χ4v) is 4.20. The summed E-state index contributed by atoms with van der Waals surface area (Å²) in [6.07, 6.45) is 0.147. The Morgan fingerprint density at radius 3 is 2.49 bits per heavy atom. The normalized spacial score (nSPS) is 14.8. The molecule has 1 aliphatic heterocycles.